The van der Waals surface area contributed by atoms with Gasteiger partial charge in [0.05, 0.1) is 18.9 Å². The van der Waals surface area contributed by atoms with E-state index in [1.165, 1.54) is 6.26 Å². The normalized spacial score (nSPS) is 21.6. The quantitative estimate of drug-likeness (QED) is 0.639. The number of sulfone groups is 1. The molecule has 0 bridgehead atoms. The average Bonchev–Trinajstić information content (AvgIpc) is 2.66. The summed E-state index contributed by atoms with van der Waals surface area (Å²) < 4.78 is 27.0. The first kappa shape index (κ1) is 13.6. The number of carbonyl (C=O) groups is 1. The number of ether oxygens (including phenoxy) is 1. The van der Waals surface area contributed by atoms with E-state index in [4.69, 9.17) is 4.74 Å². The molecule has 1 fully saturated rings. The summed E-state index contributed by atoms with van der Waals surface area (Å²) >= 11 is 0. The molecular formula is C10H19NO4S. The van der Waals surface area contributed by atoms with E-state index in [0.29, 0.717) is 26.3 Å². The van der Waals surface area contributed by atoms with Gasteiger partial charge in [-0.1, -0.05) is 0 Å². The summed E-state index contributed by atoms with van der Waals surface area (Å²) in [4.78, 5) is 13.5. The highest BCUT2D eigenvalue weighted by atomic mass is 32.2. The Labute approximate surface area is 96.7 Å². The number of likely N-dealkylation sites (N-methyl/N-ethyl adjacent to an activating group) is 1. The summed E-state index contributed by atoms with van der Waals surface area (Å²) in [6.07, 6.45) is 1.99. The molecule has 0 aliphatic carbocycles. The molecule has 0 aromatic carbocycles. The number of carbonyl (C=O) groups excluding carboxylic acids is 1. The summed E-state index contributed by atoms with van der Waals surface area (Å²) in [6.45, 7) is 1.88. The Morgan fingerprint density at radius 1 is 1.50 bits per heavy atom. The van der Waals surface area contributed by atoms with Gasteiger partial charge in [0.1, 0.15) is 9.84 Å². The number of Topliss-reactive ketones (excluding diaryl/α,β-unsaturated/α-hetero) is 1. The smallest absolute Gasteiger partial charge is 0.152 e. The van der Waals surface area contributed by atoms with Crippen LogP contribution < -0.4 is 0 Å². The van der Waals surface area contributed by atoms with Gasteiger partial charge in [0.2, 0.25) is 0 Å². The summed E-state index contributed by atoms with van der Waals surface area (Å²) in [6, 6.07) is 0. The van der Waals surface area contributed by atoms with E-state index in [-0.39, 0.29) is 17.5 Å². The van der Waals surface area contributed by atoms with Crippen molar-refractivity contribution in [2.24, 2.45) is 5.92 Å². The highest BCUT2D eigenvalue weighted by Gasteiger charge is 2.24. The van der Waals surface area contributed by atoms with Crippen molar-refractivity contribution in [3.63, 3.8) is 0 Å². The molecule has 0 radical (unpaired) electrons. The van der Waals surface area contributed by atoms with E-state index in [1.807, 2.05) is 0 Å². The molecule has 0 spiro atoms. The van der Waals surface area contributed by atoms with Crippen LogP contribution in [0, 0.1) is 5.92 Å². The van der Waals surface area contributed by atoms with Crippen LogP contribution in [0.1, 0.15) is 6.42 Å². The molecular weight excluding hydrogens is 230 g/mol. The molecule has 1 saturated heterocycles. The van der Waals surface area contributed by atoms with E-state index in [9.17, 15) is 13.2 Å². The zero-order valence-corrected chi connectivity index (χ0v) is 10.6. The van der Waals surface area contributed by atoms with Crippen molar-refractivity contribution in [3.8, 4) is 0 Å². The fourth-order valence-electron chi connectivity index (χ4n) is 1.58. The van der Waals surface area contributed by atoms with Gasteiger partial charge in [0.25, 0.3) is 0 Å². The largest absolute Gasteiger partial charge is 0.381 e. The molecule has 0 saturated carbocycles. The van der Waals surface area contributed by atoms with Crippen LogP contribution in [0.2, 0.25) is 0 Å². The first-order chi connectivity index (χ1) is 7.38. The van der Waals surface area contributed by atoms with Crippen LogP contribution >= 0.6 is 0 Å². The Morgan fingerprint density at radius 2 is 2.19 bits per heavy atom. The second kappa shape index (κ2) is 5.75. The predicted octanol–water partition coefficient (Wildman–Crippen LogP) is -0.432. The summed E-state index contributed by atoms with van der Waals surface area (Å²) in [5, 5.41) is 0. The van der Waals surface area contributed by atoms with Crippen molar-refractivity contribution in [1.29, 1.82) is 0 Å². The minimum atomic E-state index is -2.95. The number of hydrogen-bond acceptors (Lipinski definition) is 5. The van der Waals surface area contributed by atoms with E-state index in [1.54, 1.807) is 11.9 Å². The highest BCUT2D eigenvalue weighted by Crippen LogP contribution is 2.13. The lowest BCUT2D eigenvalue weighted by Gasteiger charge is -2.16. The standard InChI is InChI=1S/C10H19NO4S/c1-11(4-6-16(2,13)14)7-10(12)9-3-5-15-8-9/h9H,3-8H2,1-2H3. The fourth-order valence-corrected chi connectivity index (χ4v) is 2.23. The van der Waals surface area contributed by atoms with E-state index in [0.717, 1.165) is 6.42 Å². The second-order valence-corrected chi connectivity index (χ2v) is 6.65. The number of hydrogen-bond donors (Lipinski definition) is 0. The van der Waals surface area contributed by atoms with Crippen LogP contribution in [0.4, 0.5) is 0 Å². The third kappa shape index (κ3) is 5.05. The number of ketones is 1. The van der Waals surface area contributed by atoms with Gasteiger partial charge in [-0.2, -0.15) is 0 Å². The lowest BCUT2D eigenvalue weighted by molar-refractivity contribution is -0.123. The van der Waals surface area contributed by atoms with Crippen LogP contribution in [0.25, 0.3) is 0 Å². The third-order valence-electron chi connectivity index (χ3n) is 2.65. The SMILES string of the molecule is CN(CCS(C)(=O)=O)CC(=O)C1CCOC1. The minimum Gasteiger partial charge on any atom is -0.381 e. The average molecular weight is 249 g/mol. The molecule has 1 aliphatic rings. The summed E-state index contributed by atoms with van der Waals surface area (Å²) in [5.41, 5.74) is 0. The van der Waals surface area contributed by atoms with Crippen LogP contribution in [0.5, 0.6) is 0 Å². The van der Waals surface area contributed by atoms with Gasteiger partial charge in [-0.15, -0.1) is 0 Å². The molecule has 1 rings (SSSR count). The van der Waals surface area contributed by atoms with Crippen molar-refractivity contribution in [3.05, 3.63) is 0 Å². The fraction of sp³-hybridized carbons (Fsp3) is 0.900. The molecule has 1 aliphatic heterocycles. The summed E-state index contributed by atoms with van der Waals surface area (Å²) in [7, 11) is -1.19. The van der Waals surface area contributed by atoms with Crippen molar-refractivity contribution in [2.45, 2.75) is 6.42 Å². The number of nitrogens with zero attached hydrogens (tertiary/aromatic N) is 1. The van der Waals surface area contributed by atoms with Gasteiger partial charge >= 0.3 is 0 Å². The maximum atomic E-state index is 11.7. The molecule has 5 nitrogen and oxygen atoms in total. The Balaban J connectivity index is 2.28. The van der Waals surface area contributed by atoms with Crippen molar-refractivity contribution < 1.29 is 17.9 Å². The van der Waals surface area contributed by atoms with Gasteiger partial charge in [0, 0.05) is 25.3 Å². The van der Waals surface area contributed by atoms with Gasteiger partial charge in [-0.3, -0.25) is 9.69 Å². The van der Waals surface area contributed by atoms with Crippen LogP contribution in [-0.2, 0) is 19.4 Å². The molecule has 1 atom stereocenters. The van der Waals surface area contributed by atoms with Crippen LogP contribution in [0.15, 0.2) is 0 Å². The van der Waals surface area contributed by atoms with E-state index < -0.39 is 9.84 Å². The Kier molecular flexibility index (Phi) is 4.89. The van der Waals surface area contributed by atoms with Crippen LogP contribution in [-0.4, -0.2) is 64.5 Å². The molecule has 6 heteroatoms. The Hall–Kier alpha value is -0.460. The summed E-state index contributed by atoms with van der Waals surface area (Å²) in [5.74, 6) is 0.243. The lowest BCUT2D eigenvalue weighted by Crippen LogP contribution is -2.33. The molecule has 1 heterocycles. The van der Waals surface area contributed by atoms with Gasteiger partial charge in [-0.05, 0) is 13.5 Å². The molecule has 94 valence electrons. The zero-order valence-electron chi connectivity index (χ0n) is 9.81. The van der Waals surface area contributed by atoms with Gasteiger partial charge < -0.3 is 4.74 Å². The second-order valence-electron chi connectivity index (χ2n) is 4.39. The molecule has 16 heavy (non-hydrogen) atoms. The lowest BCUT2D eigenvalue weighted by atomic mass is 10.0. The monoisotopic (exact) mass is 249 g/mol. The van der Waals surface area contributed by atoms with E-state index in [2.05, 4.69) is 0 Å². The topological polar surface area (TPSA) is 63.7 Å². The molecule has 0 aromatic heterocycles. The highest BCUT2D eigenvalue weighted by molar-refractivity contribution is 7.90. The third-order valence-corrected chi connectivity index (χ3v) is 3.58. The Bertz CT molecular complexity index is 333. The molecule has 0 aromatic rings. The van der Waals surface area contributed by atoms with Crippen molar-refractivity contribution in [2.75, 3.05) is 45.4 Å². The predicted molar refractivity (Wildman–Crippen MR) is 61.1 cm³/mol. The van der Waals surface area contributed by atoms with Crippen molar-refractivity contribution in [1.82, 2.24) is 4.90 Å². The molecule has 0 amide bonds. The molecule has 1 unspecified atom stereocenters. The minimum absolute atomic E-state index is 0.000633. The van der Waals surface area contributed by atoms with Gasteiger partial charge in [-0.25, -0.2) is 8.42 Å². The van der Waals surface area contributed by atoms with Crippen LogP contribution in [0.3, 0.4) is 0 Å². The first-order valence-electron chi connectivity index (χ1n) is 5.35. The molecule has 0 N–H and O–H groups in total. The zero-order chi connectivity index (χ0) is 12.2. The Morgan fingerprint density at radius 3 is 2.69 bits per heavy atom. The maximum Gasteiger partial charge on any atom is 0.152 e. The van der Waals surface area contributed by atoms with Gasteiger partial charge in [0.15, 0.2) is 5.78 Å². The van der Waals surface area contributed by atoms with E-state index >= 15 is 0 Å². The number of rotatable bonds is 6. The maximum absolute atomic E-state index is 11.7. The first-order valence-corrected chi connectivity index (χ1v) is 7.41. The van der Waals surface area contributed by atoms with Crippen molar-refractivity contribution >= 4 is 15.6 Å².